The van der Waals surface area contributed by atoms with Gasteiger partial charge in [-0.2, -0.15) is 0 Å². The number of rotatable bonds is 5. The highest BCUT2D eigenvalue weighted by Gasteiger charge is 2.33. The van der Waals surface area contributed by atoms with Gasteiger partial charge in [0.05, 0.1) is 17.0 Å². The first-order valence-corrected chi connectivity index (χ1v) is 11.3. The Bertz CT molecular complexity index is 1220. The van der Waals surface area contributed by atoms with E-state index in [-0.39, 0.29) is 17.2 Å². The molecule has 5 rings (SSSR count). The second-order valence-corrected chi connectivity index (χ2v) is 9.14. The lowest BCUT2D eigenvalue weighted by atomic mass is 10.0. The quantitative estimate of drug-likeness (QED) is 0.674. The molecule has 2 aliphatic heterocycles. The Labute approximate surface area is 175 Å². The molecular weight excluding hydrogens is 400 g/mol. The predicted molar refractivity (Wildman–Crippen MR) is 115 cm³/mol. The van der Waals surface area contributed by atoms with Crippen LogP contribution in [-0.4, -0.2) is 20.9 Å². The van der Waals surface area contributed by atoms with Crippen LogP contribution in [0.3, 0.4) is 0 Å². The number of nitrogens with one attached hydrogen (secondary N) is 1. The lowest BCUT2D eigenvalue weighted by Crippen LogP contribution is -2.31. The molecule has 0 aromatic heterocycles. The topological polar surface area (TPSA) is 75.7 Å². The van der Waals surface area contributed by atoms with Gasteiger partial charge in [-0.15, -0.1) is 0 Å². The van der Waals surface area contributed by atoms with E-state index in [4.69, 9.17) is 4.74 Å². The number of benzene rings is 3. The Morgan fingerprint density at radius 3 is 2.37 bits per heavy atom. The molecule has 1 N–H and O–H groups in total. The van der Waals surface area contributed by atoms with Gasteiger partial charge in [0.1, 0.15) is 11.5 Å². The number of anilines is 2. The molecule has 0 radical (unpaired) electrons. The fourth-order valence-corrected chi connectivity index (χ4v) is 5.19. The molecule has 0 spiro atoms. The van der Waals surface area contributed by atoms with Crippen molar-refractivity contribution in [2.24, 2.45) is 0 Å². The van der Waals surface area contributed by atoms with Crippen molar-refractivity contribution in [3.63, 3.8) is 0 Å². The number of ether oxygens (including phenoxy) is 1. The first-order chi connectivity index (χ1) is 14.5. The summed E-state index contributed by atoms with van der Waals surface area (Å²) in [6, 6.07) is 19.5. The second kappa shape index (κ2) is 7.18. The number of amides is 1. The molecule has 0 saturated heterocycles. The lowest BCUT2D eigenvalue weighted by molar-refractivity contribution is -0.117. The second-order valence-electron chi connectivity index (χ2n) is 7.46. The SMILES string of the molecule is O=C1Cc2cc(S(=O)(=O)Nc3ccc(Oc4ccccc4)cc3)cc3c2N1CCC3. The molecule has 7 heteroatoms. The van der Waals surface area contributed by atoms with Crippen molar-refractivity contribution in [3.8, 4) is 11.5 Å². The van der Waals surface area contributed by atoms with Gasteiger partial charge in [-0.25, -0.2) is 8.42 Å². The fourth-order valence-electron chi connectivity index (χ4n) is 4.03. The van der Waals surface area contributed by atoms with Gasteiger partial charge < -0.3 is 9.64 Å². The summed E-state index contributed by atoms with van der Waals surface area (Å²) in [5.74, 6) is 1.37. The van der Waals surface area contributed by atoms with Gasteiger partial charge in [-0.3, -0.25) is 9.52 Å². The number of carbonyl (C=O) groups excluding carboxylic acids is 1. The van der Waals surface area contributed by atoms with E-state index in [1.165, 1.54) is 0 Å². The van der Waals surface area contributed by atoms with Crippen molar-refractivity contribution >= 4 is 27.3 Å². The number of aryl methyl sites for hydroxylation is 1. The Morgan fingerprint density at radius 1 is 0.900 bits per heavy atom. The van der Waals surface area contributed by atoms with E-state index >= 15 is 0 Å². The summed E-state index contributed by atoms with van der Waals surface area (Å²) in [6.45, 7) is 0.709. The van der Waals surface area contributed by atoms with Crippen LogP contribution in [0, 0.1) is 0 Å². The first kappa shape index (κ1) is 18.7. The molecule has 3 aromatic carbocycles. The van der Waals surface area contributed by atoms with Crippen LogP contribution in [0.1, 0.15) is 17.5 Å². The van der Waals surface area contributed by atoms with Crippen molar-refractivity contribution in [2.45, 2.75) is 24.2 Å². The summed E-state index contributed by atoms with van der Waals surface area (Å²) in [6.07, 6.45) is 1.89. The normalized spacial score (nSPS) is 15.1. The summed E-state index contributed by atoms with van der Waals surface area (Å²) in [7, 11) is -3.77. The highest BCUT2D eigenvalue weighted by atomic mass is 32.2. The summed E-state index contributed by atoms with van der Waals surface area (Å²) in [4.78, 5) is 14.2. The zero-order chi connectivity index (χ0) is 20.7. The van der Waals surface area contributed by atoms with Crippen molar-refractivity contribution in [3.05, 3.63) is 77.9 Å². The monoisotopic (exact) mass is 420 g/mol. The molecule has 2 heterocycles. The molecule has 30 heavy (non-hydrogen) atoms. The molecule has 3 aromatic rings. The average molecular weight is 420 g/mol. The minimum atomic E-state index is -3.77. The minimum absolute atomic E-state index is 0.0439. The van der Waals surface area contributed by atoms with E-state index < -0.39 is 10.0 Å². The molecule has 152 valence electrons. The Morgan fingerprint density at radius 2 is 1.60 bits per heavy atom. The number of para-hydroxylation sites is 1. The zero-order valence-corrected chi connectivity index (χ0v) is 17.0. The van der Waals surface area contributed by atoms with Crippen molar-refractivity contribution in [1.82, 2.24) is 0 Å². The summed E-state index contributed by atoms with van der Waals surface area (Å²) < 4.78 is 34.3. The summed E-state index contributed by atoms with van der Waals surface area (Å²) in [5.41, 5.74) is 3.08. The maximum atomic E-state index is 13.0. The smallest absolute Gasteiger partial charge is 0.261 e. The van der Waals surface area contributed by atoms with Gasteiger partial charge >= 0.3 is 0 Å². The number of sulfonamides is 1. The fraction of sp³-hybridized carbons (Fsp3) is 0.174. The highest BCUT2D eigenvalue weighted by molar-refractivity contribution is 7.92. The van der Waals surface area contributed by atoms with Crippen LogP contribution in [0.4, 0.5) is 11.4 Å². The molecule has 0 bridgehead atoms. The predicted octanol–water partition coefficient (Wildman–Crippen LogP) is 4.12. The third kappa shape index (κ3) is 3.41. The molecule has 0 fully saturated rings. The lowest BCUT2D eigenvalue weighted by Gasteiger charge is -2.26. The van der Waals surface area contributed by atoms with Crippen LogP contribution in [-0.2, 0) is 27.7 Å². The average Bonchev–Trinajstić information content (AvgIpc) is 3.07. The van der Waals surface area contributed by atoms with Crippen molar-refractivity contribution in [2.75, 3.05) is 16.2 Å². The van der Waals surface area contributed by atoms with Gasteiger partial charge in [-0.1, -0.05) is 18.2 Å². The maximum absolute atomic E-state index is 13.0. The number of nitrogens with zero attached hydrogens (tertiary/aromatic N) is 1. The first-order valence-electron chi connectivity index (χ1n) is 9.81. The molecule has 0 unspecified atom stereocenters. The number of hydrogen-bond donors (Lipinski definition) is 1. The number of hydrogen-bond acceptors (Lipinski definition) is 4. The van der Waals surface area contributed by atoms with Crippen LogP contribution in [0.5, 0.6) is 11.5 Å². The van der Waals surface area contributed by atoms with Gasteiger partial charge in [0.15, 0.2) is 0 Å². The largest absolute Gasteiger partial charge is 0.457 e. The standard InChI is InChI=1S/C23H20N2O4S/c26-22-15-17-14-21(13-16-5-4-12-25(22)23(16)17)30(27,28)24-18-8-10-20(11-9-18)29-19-6-2-1-3-7-19/h1-3,6-11,13-14,24H,4-5,12,15H2. The van der Waals surface area contributed by atoms with Gasteiger partial charge in [-0.05, 0) is 72.5 Å². The Kier molecular flexibility index (Phi) is 4.47. The highest BCUT2D eigenvalue weighted by Crippen LogP contribution is 2.38. The molecule has 0 saturated carbocycles. The third-order valence-corrected chi connectivity index (χ3v) is 6.74. The molecule has 0 atom stereocenters. The van der Waals surface area contributed by atoms with E-state index in [0.717, 1.165) is 29.7 Å². The van der Waals surface area contributed by atoms with Gasteiger partial charge in [0.25, 0.3) is 10.0 Å². The molecule has 6 nitrogen and oxygen atoms in total. The van der Waals surface area contributed by atoms with Crippen LogP contribution in [0.15, 0.2) is 71.6 Å². The van der Waals surface area contributed by atoms with E-state index in [2.05, 4.69) is 4.72 Å². The maximum Gasteiger partial charge on any atom is 0.261 e. The molecule has 2 aliphatic rings. The summed E-state index contributed by atoms with van der Waals surface area (Å²) >= 11 is 0. The van der Waals surface area contributed by atoms with Gasteiger partial charge in [0.2, 0.25) is 5.91 Å². The van der Waals surface area contributed by atoms with Crippen LogP contribution >= 0.6 is 0 Å². The van der Waals surface area contributed by atoms with Crippen LogP contribution in [0.25, 0.3) is 0 Å². The Hall–Kier alpha value is -3.32. The van der Waals surface area contributed by atoms with Crippen molar-refractivity contribution in [1.29, 1.82) is 0 Å². The molecule has 0 aliphatic carbocycles. The number of carbonyl (C=O) groups is 1. The third-order valence-electron chi connectivity index (χ3n) is 5.38. The Balaban J connectivity index is 1.38. The van der Waals surface area contributed by atoms with Gasteiger partial charge in [0, 0.05) is 12.2 Å². The molecule has 1 amide bonds. The van der Waals surface area contributed by atoms with Crippen LogP contribution in [0.2, 0.25) is 0 Å². The minimum Gasteiger partial charge on any atom is -0.457 e. The van der Waals surface area contributed by atoms with Crippen LogP contribution < -0.4 is 14.4 Å². The van der Waals surface area contributed by atoms with E-state index in [1.54, 1.807) is 41.3 Å². The summed E-state index contributed by atoms with van der Waals surface area (Å²) in [5, 5.41) is 0. The van der Waals surface area contributed by atoms with E-state index in [1.807, 2.05) is 30.3 Å². The van der Waals surface area contributed by atoms with E-state index in [0.29, 0.717) is 23.7 Å². The molecular formula is C23H20N2O4S. The van der Waals surface area contributed by atoms with Crippen molar-refractivity contribution < 1.29 is 17.9 Å². The van der Waals surface area contributed by atoms with E-state index in [9.17, 15) is 13.2 Å². The zero-order valence-electron chi connectivity index (χ0n) is 16.2.